The third-order valence-corrected chi connectivity index (χ3v) is 8.47. The van der Waals surface area contributed by atoms with E-state index in [2.05, 4.69) is 16.3 Å². The highest BCUT2D eigenvalue weighted by atomic mass is 32.2. The van der Waals surface area contributed by atoms with E-state index in [1.807, 2.05) is 131 Å². The lowest BCUT2D eigenvalue weighted by molar-refractivity contribution is 0.102. The quantitative estimate of drug-likeness (QED) is 0.124. The minimum absolute atomic E-state index is 0.0259. The molecule has 4 aromatic carbocycles. The third-order valence-electron chi connectivity index (χ3n) is 6.48. The Hall–Kier alpha value is -4.91. The number of hydrogen-bond donors (Lipinski definition) is 0. The van der Waals surface area contributed by atoms with Crippen molar-refractivity contribution in [3.8, 4) is 28.7 Å². The number of carbonyl (C=O) groups excluding carboxylic acids is 1. The molecule has 0 saturated carbocycles. The molecular weight excluding hydrogens is 561 g/mol. The number of nitriles is 1. The molecule has 6 rings (SSSR count). The molecule has 204 valence electrons. The van der Waals surface area contributed by atoms with Gasteiger partial charge in [0.05, 0.1) is 17.2 Å². The Morgan fingerprint density at radius 2 is 1.33 bits per heavy atom. The summed E-state index contributed by atoms with van der Waals surface area (Å²) in [5, 5.41) is 25.5. The van der Waals surface area contributed by atoms with Crippen LogP contribution in [0, 0.1) is 11.3 Å². The number of nitrogens with zero attached hydrogens (tertiary/aromatic N) is 6. The zero-order chi connectivity index (χ0) is 28.7. The number of aromatic nitrogens is 5. The summed E-state index contributed by atoms with van der Waals surface area (Å²) in [6.07, 6.45) is 0. The molecule has 0 spiro atoms. The monoisotopic (exact) mass is 584 g/mol. The number of carbonyl (C=O) groups is 1. The first-order valence-corrected chi connectivity index (χ1v) is 15.2. The summed E-state index contributed by atoms with van der Waals surface area (Å²) < 4.78 is 3.80. The molecule has 0 bridgehead atoms. The SMILES string of the molecule is N#Cc1c(-c2ccccc2)nn(-c2ccccc2)c1SCc1nnc(SCC(=O)c2ccccc2)n1-c1ccccc1. The molecule has 0 N–H and O–H groups in total. The van der Waals surface area contributed by atoms with E-state index in [0.717, 1.165) is 22.0 Å². The van der Waals surface area contributed by atoms with Gasteiger partial charge in [-0.25, -0.2) is 4.68 Å². The van der Waals surface area contributed by atoms with Crippen LogP contribution in [-0.4, -0.2) is 36.1 Å². The average molecular weight is 585 g/mol. The van der Waals surface area contributed by atoms with Gasteiger partial charge in [0, 0.05) is 16.8 Å². The third kappa shape index (κ3) is 5.77. The van der Waals surface area contributed by atoms with Gasteiger partial charge < -0.3 is 0 Å². The van der Waals surface area contributed by atoms with Crippen LogP contribution in [0.3, 0.4) is 0 Å². The van der Waals surface area contributed by atoms with Crippen molar-refractivity contribution in [3.05, 3.63) is 138 Å². The number of Topliss-reactive ketones (excluding diaryl/α,β-unsaturated/α-hetero) is 1. The fourth-order valence-corrected chi connectivity index (χ4v) is 6.35. The van der Waals surface area contributed by atoms with Crippen LogP contribution in [0.4, 0.5) is 0 Å². The zero-order valence-corrected chi connectivity index (χ0v) is 24.0. The maximum absolute atomic E-state index is 12.8. The van der Waals surface area contributed by atoms with Crippen molar-refractivity contribution in [3.63, 3.8) is 0 Å². The van der Waals surface area contributed by atoms with E-state index in [9.17, 15) is 10.1 Å². The standard InChI is InChI=1S/C33H24N6OS2/c34-21-28-31(25-15-7-2-8-16-25)37-39(27-19-11-4-12-20-27)32(28)41-23-30-35-36-33(38(30)26-17-9-3-10-18-26)42-22-29(40)24-13-5-1-6-14-24/h1-20H,22-23H2. The summed E-state index contributed by atoms with van der Waals surface area (Å²) in [6, 6.07) is 41.0. The maximum Gasteiger partial charge on any atom is 0.196 e. The van der Waals surface area contributed by atoms with Crippen LogP contribution in [0.2, 0.25) is 0 Å². The van der Waals surface area contributed by atoms with Crippen molar-refractivity contribution >= 4 is 29.3 Å². The molecule has 0 aliphatic rings. The molecule has 0 saturated heterocycles. The van der Waals surface area contributed by atoms with E-state index in [4.69, 9.17) is 5.10 Å². The Balaban J connectivity index is 1.35. The lowest BCUT2D eigenvalue weighted by Crippen LogP contribution is -2.06. The van der Waals surface area contributed by atoms with Gasteiger partial charge in [-0.3, -0.25) is 9.36 Å². The molecule has 0 fully saturated rings. The molecule has 9 heteroatoms. The van der Waals surface area contributed by atoms with Crippen molar-refractivity contribution in [2.24, 2.45) is 0 Å². The normalized spacial score (nSPS) is 10.8. The predicted molar refractivity (Wildman–Crippen MR) is 166 cm³/mol. The van der Waals surface area contributed by atoms with E-state index in [1.165, 1.54) is 23.5 Å². The Morgan fingerprint density at radius 3 is 1.98 bits per heavy atom. The molecule has 2 aromatic heterocycles. The molecule has 0 aliphatic carbocycles. The number of ketones is 1. The lowest BCUT2D eigenvalue weighted by atomic mass is 10.1. The highest BCUT2D eigenvalue weighted by molar-refractivity contribution is 7.99. The number of benzene rings is 4. The molecule has 0 amide bonds. The van der Waals surface area contributed by atoms with Gasteiger partial charge in [0.1, 0.15) is 28.2 Å². The Labute approximate surface area is 251 Å². The second-order valence-corrected chi connectivity index (χ2v) is 11.1. The topological polar surface area (TPSA) is 89.4 Å². The van der Waals surface area contributed by atoms with E-state index < -0.39 is 0 Å². The summed E-state index contributed by atoms with van der Waals surface area (Å²) in [5.74, 6) is 1.39. The molecule has 0 unspecified atom stereocenters. The fourth-order valence-electron chi connectivity index (χ4n) is 4.47. The largest absolute Gasteiger partial charge is 0.293 e. The Morgan fingerprint density at radius 1 is 0.738 bits per heavy atom. The van der Waals surface area contributed by atoms with Crippen LogP contribution in [0.5, 0.6) is 0 Å². The minimum Gasteiger partial charge on any atom is -0.293 e. The van der Waals surface area contributed by atoms with Gasteiger partial charge in [0.25, 0.3) is 0 Å². The van der Waals surface area contributed by atoms with Gasteiger partial charge >= 0.3 is 0 Å². The second-order valence-electron chi connectivity index (χ2n) is 9.19. The van der Waals surface area contributed by atoms with Crippen molar-refractivity contribution in [1.82, 2.24) is 24.5 Å². The summed E-state index contributed by atoms with van der Waals surface area (Å²) in [6.45, 7) is 0. The van der Waals surface area contributed by atoms with Crippen LogP contribution >= 0.6 is 23.5 Å². The molecule has 42 heavy (non-hydrogen) atoms. The zero-order valence-electron chi connectivity index (χ0n) is 22.4. The predicted octanol–water partition coefficient (Wildman–Crippen LogP) is 7.26. The van der Waals surface area contributed by atoms with E-state index in [1.54, 1.807) is 0 Å². The fraction of sp³-hybridized carbons (Fsp3) is 0.0606. The summed E-state index contributed by atoms with van der Waals surface area (Å²) in [4.78, 5) is 12.8. The van der Waals surface area contributed by atoms with E-state index in [0.29, 0.717) is 33.6 Å². The van der Waals surface area contributed by atoms with Gasteiger partial charge in [-0.15, -0.1) is 10.2 Å². The molecule has 0 aliphatic heterocycles. The molecule has 0 atom stereocenters. The number of para-hydroxylation sites is 2. The molecule has 2 heterocycles. The number of thioether (sulfide) groups is 2. The van der Waals surface area contributed by atoms with E-state index >= 15 is 0 Å². The van der Waals surface area contributed by atoms with Gasteiger partial charge in [0.2, 0.25) is 0 Å². The highest BCUT2D eigenvalue weighted by Gasteiger charge is 2.23. The summed E-state index contributed by atoms with van der Waals surface area (Å²) in [7, 11) is 0. The Kier molecular flexibility index (Phi) is 8.26. The number of rotatable bonds is 10. The van der Waals surface area contributed by atoms with E-state index in [-0.39, 0.29) is 11.5 Å². The molecule has 6 aromatic rings. The van der Waals surface area contributed by atoms with Crippen molar-refractivity contribution < 1.29 is 4.79 Å². The average Bonchev–Trinajstić information content (AvgIpc) is 3.65. The first-order valence-electron chi connectivity index (χ1n) is 13.2. The van der Waals surface area contributed by atoms with Gasteiger partial charge in [-0.1, -0.05) is 121 Å². The minimum atomic E-state index is 0.0259. The van der Waals surface area contributed by atoms with Gasteiger partial charge in [0.15, 0.2) is 10.9 Å². The summed E-state index contributed by atoms with van der Waals surface area (Å²) in [5.41, 5.74) is 4.43. The first kappa shape index (κ1) is 27.3. The molecule has 7 nitrogen and oxygen atoms in total. The summed E-state index contributed by atoms with van der Waals surface area (Å²) >= 11 is 2.84. The van der Waals surface area contributed by atoms with Crippen molar-refractivity contribution in [2.75, 3.05) is 5.75 Å². The van der Waals surface area contributed by atoms with Crippen LogP contribution < -0.4 is 0 Å². The van der Waals surface area contributed by atoms with Crippen LogP contribution in [-0.2, 0) is 5.75 Å². The van der Waals surface area contributed by atoms with Crippen molar-refractivity contribution in [1.29, 1.82) is 5.26 Å². The Bertz CT molecular complexity index is 1850. The molecular formula is C33H24N6OS2. The van der Waals surface area contributed by atoms with Gasteiger partial charge in [-0.05, 0) is 24.3 Å². The molecule has 0 radical (unpaired) electrons. The van der Waals surface area contributed by atoms with Crippen molar-refractivity contribution in [2.45, 2.75) is 15.9 Å². The van der Waals surface area contributed by atoms with Gasteiger partial charge in [-0.2, -0.15) is 10.4 Å². The maximum atomic E-state index is 12.8. The number of hydrogen-bond acceptors (Lipinski definition) is 7. The highest BCUT2D eigenvalue weighted by Crippen LogP contribution is 2.35. The van der Waals surface area contributed by atoms with Crippen LogP contribution in [0.1, 0.15) is 21.7 Å². The lowest BCUT2D eigenvalue weighted by Gasteiger charge is -2.11. The van der Waals surface area contributed by atoms with Crippen LogP contribution in [0.15, 0.2) is 132 Å². The first-order chi connectivity index (χ1) is 20.7. The second kappa shape index (κ2) is 12.7. The van der Waals surface area contributed by atoms with Crippen LogP contribution in [0.25, 0.3) is 22.6 Å². The smallest absolute Gasteiger partial charge is 0.196 e.